The lowest BCUT2D eigenvalue weighted by molar-refractivity contribution is -0.0730. The minimum absolute atomic E-state index is 0.272. The van der Waals surface area contributed by atoms with Crippen molar-refractivity contribution in [2.75, 3.05) is 19.8 Å². The van der Waals surface area contributed by atoms with E-state index in [1.807, 2.05) is 0 Å². The Morgan fingerprint density at radius 2 is 1.50 bits per heavy atom. The van der Waals surface area contributed by atoms with Crippen LogP contribution in [0.4, 0.5) is 0 Å². The van der Waals surface area contributed by atoms with Crippen LogP contribution in [0.25, 0.3) is 0 Å². The molecule has 1 heterocycles. The molecule has 1 fully saturated rings. The van der Waals surface area contributed by atoms with Gasteiger partial charge in [0, 0.05) is 6.61 Å². The van der Waals surface area contributed by atoms with Crippen LogP contribution in [0.2, 0.25) is 0 Å². The molecule has 0 aromatic heterocycles. The van der Waals surface area contributed by atoms with E-state index in [2.05, 4.69) is 19.1 Å². The first-order valence-corrected chi connectivity index (χ1v) is 11.6. The molecule has 1 aliphatic rings. The fourth-order valence-electron chi connectivity index (χ4n) is 3.61. The smallest absolute Gasteiger partial charge is 0.114 e. The molecule has 1 rings (SSSR count). The van der Waals surface area contributed by atoms with Crippen LogP contribution in [0.3, 0.4) is 0 Å². The van der Waals surface area contributed by atoms with Crippen molar-refractivity contribution in [2.24, 2.45) is 0 Å². The maximum atomic E-state index is 10.0. The maximum absolute atomic E-state index is 10.0. The molecule has 0 spiro atoms. The standard InChI is InChI=1S/C23H44O5/c1-2-3-4-5-6-7-8-9-10-11-12-13-14-15-16-17-27-21-19-28-23(22(21)26)20(25)18-24/h9-10,20-26H,2-8,11-19H2,1H3/b10-9+/t20-,21+,22+,23+/m0/s1. The fraction of sp³-hybridized carbons (Fsp3) is 0.913. The first-order chi connectivity index (χ1) is 13.7. The largest absolute Gasteiger partial charge is 0.394 e. The van der Waals surface area contributed by atoms with Crippen LogP contribution in [0, 0.1) is 0 Å². The van der Waals surface area contributed by atoms with Gasteiger partial charge < -0.3 is 24.8 Å². The summed E-state index contributed by atoms with van der Waals surface area (Å²) < 4.78 is 11.0. The van der Waals surface area contributed by atoms with E-state index in [4.69, 9.17) is 14.6 Å². The second kappa shape index (κ2) is 17.4. The lowest BCUT2D eigenvalue weighted by atomic mass is 10.1. The van der Waals surface area contributed by atoms with Gasteiger partial charge in [0.1, 0.15) is 24.4 Å². The molecule has 4 atom stereocenters. The molecule has 166 valence electrons. The molecule has 1 saturated heterocycles. The third-order valence-corrected chi connectivity index (χ3v) is 5.47. The first-order valence-electron chi connectivity index (χ1n) is 11.6. The van der Waals surface area contributed by atoms with E-state index in [0.29, 0.717) is 6.61 Å². The van der Waals surface area contributed by atoms with Crippen LogP contribution in [-0.2, 0) is 9.47 Å². The normalized spacial score (nSPS) is 23.6. The third-order valence-electron chi connectivity index (χ3n) is 5.47. The topological polar surface area (TPSA) is 79.2 Å². The summed E-state index contributed by atoms with van der Waals surface area (Å²) in [5.74, 6) is 0. The van der Waals surface area contributed by atoms with E-state index in [1.54, 1.807) is 0 Å². The summed E-state index contributed by atoms with van der Waals surface area (Å²) in [4.78, 5) is 0. The molecule has 0 amide bonds. The molecule has 5 nitrogen and oxygen atoms in total. The summed E-state index contributed by atoms with van der Waals surface area (Å²) in [6, 6.07) is 0. The van der Waals surface area contributed by atoms with Crippen molar-refractivity contribution in [2.45, 2.75) is 115 Å². The Labute approximate surface area is 172 Å². The van der Waals surface area contributed by atoms with Crippen molar-refractivity contribution in [3.8, 4) is 0 Å². The van der Waals surface area contributed by atoms with E-state index in [9.17, 15) is 10.2 Å². The van der Waals surface area contributed by atoms with Crippen molar-refractivity contribution in [3.63, 3.8) is 0 Å². The van der Waals surface area contributed by atoms with E-state index >= 15 is 0 Å². The van der Waals surface area contributed by atoms with Gasteiger partial charge in [0.2, 0.25) is 0 Å². The van der Waals surface area contributed by atoms with Crippen LogP contribution in [0.1, 0.15) is 90.4 Å². The zero-order valence-corrected chi connectivity index (χ0v) is 17.9. The minimum atomic E-state index is -1.05. The van der Waals surface area contributed by atoms with Crippen molar-refractivity contribution in [1.82, 2.24) is 0 Å². The molecule has 0 aromatic rings. The lowest BCUT2D eigenvalue weighted by Gasteiger charge is -2.20. The van der Waals surface area contributed by atoms with Gasteiger partial charge in [-0.05, 0) is 32.1 Å². The molecule has 5 heteroatoms. The van der Waals surface area contributed by atoms with Crippen molar-refractivity contribution >= 4 is 0 Å². The molecule has 0 unspecified atom stereocenters. The minimum Gasteiger partial charge on any atom is -0.394 e. The lowest BCUT2D eigenvalue weighted by Crippen LogP contribution is -2.41. The summed E-state index contributed by atoms with van der Waals surface area (Å²) in [5, 5.41) is 28.5. The highest BCUT2D eigenvalue weighted by Crippen LogP contribution is 2.20. The van der Waals surface area contributed by atoms with Crippen LogP contribution in [0.15, 0.2) is 12.2 Å². The highest BCUT2D eigenvalue weighted by molar-refractivity contribution is 4.88. The van der Waals surface area contributed by atoms with Gasteiger partial charge in [0.15, 0.2) is 0 Å². The Morgan fingerprint density at radius 3 is 2.11 bits per heavy atom. The molecule has 0 saturated carbocycles. The van der Waals surface area contributed by atoms with Gasteiger partial charge in [-0.25, -0.2) is 0 Å². The number of ether oxygens (including phenoxy) is 2. The average Bonchev–Trinajstić information content (AvgIpc) is 3.07. The molecule has 0 aromatic carbocycles. The summed E-state index contributed by atoms with van der Waals surface area (Å²) >= 11 is 0. The van der Waals surface area contributed by atoms with Gasteiger partial charge in [-0.1, -0.05) is 70.4 Å². The second-order valence-electron chi connectivity index (χ2n) is 8.03. The van der Waals surface area contributed by atoms with Crippen molar-refractivity contribution in [3.05, 3.63) is 12.2 Å². The molecule has 28 heavy (non-hydrogen) atoms. The Morgan fingerprint density at radius 1 is 0.929 bits per heavy atom. The molecular weight excluding hydrogens is 356 g/mol. The Balaban J connectivity index is 1.85. The first kappa shape index (κ1) is 25.6. The maximum Gasteiger partial charge on any atom is 0.114 e. The number of hydrogen-bond acceptors (Lipinski definition) is 5. The van der Waals surface area contributed by atoms with Gasteiger partial charge in [-0.3, -0.25) is 0 Å². The zero-order valence-electron chi connectivity index (χ0n) is 17.9. The Kier molecular flexibility index (Phi) is 15.9. The van der Waals surface area contributed by atoms with Gasteiger partial charge in [-0.2, -0.15) is 0 Å². The number of unbranched alkanes of at least 4 members (excludes halogenated alkanes) is 11. The van der Waals surface area contributed by atoms with Crippen molar-refractivity contribution in [1.29, 1.82) is 0 Å². The summed E-state index contributed by atoms with van der Waals surface area (Å²) in [6.07, 6.45) is 18.1. The second-order valence-corrected chi connectivity index (χ2v) is 8.03. The molecule has 3 N–H and O–H groups in total. The van der Waals surface area contributed by atoms with E-state index in [-0.39, 0.29) is 6.61 Å². The summed E-state index contributed by atoms with van der Waals surface area (Å²) in [5.41, 5.74) is 0. The van der Waals surface area contributed by atoms with Gasteiger partial charge >= 0.3 is 0 Å². The van der Waals surface area contributed by atoms with E-state index < -0.39 is 31.0 Å². The molecular formula is C23H44O5. The Bertz CT molecular complexity index is 374. The van der Waals surface area contributed by atoms with Crippen LogP contribution in [0.5, 0.6) is 0 Å². The van der Waals surface area contributed by atoms with Crippen molar-refractivity contribution < 1.29 is 24.8 Å². The van der Waals surface area contributed by atoms with Crippen LogP contribution >= 0.6 is 0 Å². The predicted molar refractivity (Wildman–Crippen MR) is 113 cm³/mol. The SMILES string of the molecule is CCCCCCCC/C=C/CCCCCCCO[C@@H]1CO[C@H]([C@@H](O)CO)[C@@H]1O. The van der Waals surface area contributed by atoms with E-state index in [0.717, 1.165) is 12.8 Å². The van der Waals surface area contributed by atoms with Crippen LogP contribution < -0.4 is 0 Å². The highest BCUT2D eigenvalue weighted by atomic mass is 16.6. The molecule has 0 aliphatic carbocycles. The van der Waals surface area contributed by atoms with Gasteiger partial charge in [0.05, 0.1) is 13.2 Å². The average molecular weight is 401 g/mol. The Hall–Kier alpha value is -0.460. The van der Waals surface area contributed by atoms with E-state index in [1.165, 1.54) is 70.6 Å². The number of rotatable bonds is 18. The zero-order chi connectivity index (χ0) is 20.5. The predicted octanol–water partition coefficient (Wildman–Crippen LogP) is 4.13. The summed E-state index contributed by atoms with van der Waals surface area (Å²) in [7, 11) is 0. The molecule has 0 bridgehead atoms. The molecule has 1 aliphatic heterocycles. The van der Waals surface area contributed by atoms with Crippen LogP contribution in [-0.4, -0.2) is 59.6 Å². The quantitative estimate of drug-likeness (QED) is 0.238. The number of hydrogen-bond donors (Lipinski definition) is 3. The number of aliphatic hydroxyl groups excluding tert-OH is 3. The molecule has 0 radical (unpaired) electrons. The van der Waals surface area contributed by atoms with Gasteiger partial charge in [0.25, 0.3) is 0 Å². The number of allylic oxidation sites excluding steroid dienone is 2. The van der Waals surface area contributed by atoms with Gasteiger partial charge in [-0.15, -0.1) is 0 Å². The summed E-state index contributed by atoms with van der Waals surface area (Å²) in [6.45, 7) is 2.72. The highest BCUT2D eigenvalue weighted by Gasteiger charge is 2.40. The number of aliphatic hydroxyl groups is 3. The monoisotopic (exact) mass is 400 g/mol. The fourth-order valence-corrected chi connectivity index (χ4v) is 3.61. The third kappa shape index (κ3) is 11.5.